The molecule has 0 amide bonds. The van der Waals surface area contributed by atoms with E-state index in [0.29, 0.717) is 0 Å². The molecule has 0 aromatic heterocycles. The minimum absolute atomic E-state index is 0.877. The number of hydrogen-bond acceptors (Lipinski definition) is 2. The van der Waals surface area contributed by atoms with E-state index in [1.54, 1.807) is 7.11 Å². The maximum Gasteiger partial charge on any atom is 0.119 e. The smallest absolute Gasteiger partial charge is 0.119 e. The predicted octanol–water partition coefficient (Wildman–Crippen LogP) is 4.71. The topological polar surface area (TPSA) is 12.5 Å². The second-order valence-corrected chi connectivity index (χ2v) is 8.50. The van der Waals surface area contributed by atoms with Gasteiger partial charge in [0, 0.05) is 12.2 Å². The first-order valence-corrected chi connectivity index (χ1v) is 10.4. The Balaban J connectivity index is 1.66. The maximum atomic E-state index is 5.35. The van der Waals surface area contributed by atoms with Gasteiger partial charge < -0.3 is 14.1 Å². The van der Waals surface area contributed by atoms with Crippen LogP contribution in [0.4, 0.5) is 5.69 Å². The highest BCUT2D eigenvalue weighted by Crippen LogP contribution is 2.28. The normalized spacial score (nSPS) is 21.0. The molecule has 1 heterocycles. The lowest BCUT2D eigenvalue weighted by molar-refractivity contribution is -0.912. The fourth-order valence-corrected chi connectivity index (χ4v) is 4.66. The zero-order chi connectivity index (χ0) is 17.5. The highest BCUT2D eigenvalue weighted by Gasteiger charge is 2.26. The van der Waals surface area contributed by atoms with Crippen molar-refractivity contribution in [2.75, 3.05) is 51.8 Å². The summed E-state index contributed by atoms with van der Waals surface area (Å²) in [6, 6.07) is 8.72. The van der Waals surface area contributed by atoms with E-state index >= 15 is 0 Å². The molecule has 2 aliphatic rings. The van der Waals surface area contributed by atoms with Crippen LogP contribution in [0.15, 0.2) is 24.3 Å². The maximum absolute atomic E-state index is 5.35. The molecule has 0 bridgehead atoms. The van der Waals surface area contributed by atoms with Crippen molar-refractivity contribution in [2.24, 2.45) is 5.92 Å². The van der Waals surface area contributed by atoms with Crippen LogP contribution in [0.1, 0.15) is 51.4 Å². The summed E-state index contributed by atoms with van der Waals surface area (Å²) < 4.78 is 6.61. The fraction of sp³-hybridized carbons (Fsp3) is 0.727. The van der Waals surface area contributed by atoms with Crippen LogP contribution in [0.5, 0.6) is 5.75 Å². The molecule has 1 saturated heterocycles. The Labute approximate surface area is 154 Å². The minimum Gasteiger partial charge on any atom is -0.497 e. The number of methoxy groups -OCH3 is 1. The molecule has 1 aromatic rings. The number of ether oxygens (including phenoxy) is 1. The molecule has 140 valence electrons. The van der Waals surface area contributed by atoms with Gasteiger partial charge in [-0.1, -0.05) is 19.3 Å². The first-order valence-electron chi connectivity index (χ1n) is 10.4. The lowest BCUT2D eigenvalue weighted by Crippen LogP contribution is -2.52. The standard InChI is InChI=1S/C22H37N2O/c1-24(16-7-4-8-17-24)18-15-23(19-20-9-5-3-6-10-20)21-11-13-22(25-2)14-12-21/h11-14,20H,3-10,15-19H2,1-2H3/q+1. The minimum atomic E-state index is 0.877. The van der Waals surface area contributed by atoms with E-state index in [-0.39, 0.29) is 0 Å². The highest BCUT2D eigenvalue weighted by molar-refractivity contribution is 5.49. The Morgan fingerprint density at radius 3 is 2.24 bits per heavy atom. The first kappa shape index (κ1) is 18.6. The number of nitrogens with zero attached hydrogens (tertiary/aromatic N) is 2. The van der Waals surface area contributed by atoms with E-state index in [0.717, 1.165) is 11.7 Å². The largest absolute Gasteiger partial charge is 0.497 e. The Kier molecular flexibility index (Phi) is 6.63. The van der Waals surface area contributed by atoms with Gasteiger partial charge in [0.05, 0.1) is 40.3 Å². The summed E-state index contributed by atoms with van der Waals surface area (Å²) in [5.74, 6) is 1.83. The molecule has 2 fully saturated rings. The molecule has 3 nitrogen and oxygen atoms in total. The van der Waals surface area contributed by atoms with Gasteiger partial charge in [0.25, 0.3) is 0 Å². The van der Waals surface area contributed by atoms with Crippen molar-refractivity contribution in [1.29, 1.82) is 0 Å². The number of likely N-dealkylation sites (tertiary alicyclic amines) is 1. The van der Waals surface area contributed by atoms with Crippen LogP contribution in [-0.4, -0.2) is 51.4 Å². The molecule has 1 aliphatic carbocycles. The second kappa shape index (κ2) is 8.93. The van der Waals surface area contributed by atoms with Crippen molar-refractivity contribution in [2.45, 2.75) is 51.4 Å². The summed E-state index contributed by atoms with van der Waals surface area (Å²) in [4.78, 5) is 2.66. The molecule has 0 N–H and O–H groups in total. The third-order valence-electron chi connectivity index (χ3n) is 6.45. The predicted molar refractivity (Wildman–Crippen MR) is 106 cm³/mol. The van der Waals surface area contributed by atoms with E-state index in [1.165, 1.54) is 94.3 Å². The van der Waals surface area contributed by atoms with Crippen LogP contribution in [0, 0.1) is 5.92 Å². The molecular formula is C22H37N2O+. The molecule has 0 radical (unpaired) electrons. The molecular weight excluding hydrogens is 308 g/mol. The highest BCUT2D eigenvalue weighted by atomic mass is 16.5. The van der Waals surface area contributed by atoms with Crippen LogP contribution in [-0.2, 0) is 0 Å². The average Bonchev–Trinajstić information content (AvgIpc) is 2.67. The number of anilines is 1. The molecule has 0 unspecified atom stereocenters. The van der Waals surface area contributed by atoms with Crippen molar-refractivity contribution in [3.05, 3.63) is 24.3 Å². The van der Waals surface area contributed by atoms with Gasteiger partial charge in [0.15, 0.2) is 0 Å². The molecule has 1 aromatic carbocycles. The van der Waals surface area contributed by atoms with Crippen LogP contribution < -0.4 is 9.64 Å². The van der Waals surface area contributed by atoms with E-state index in [2.05, 4.69) is 36.2 Å². The molecule has 3 heteroatoms. The van der Waals surface area contributed by atoms with Crippen molar-refractivity contribution >= 4 is 5.69 Å². The summed E-state index contributed by atoms with van der Waals surface area (Å²) in [7, 11) is 4.21. The van der Waals surface area contributed by atoms with Crippen LogP contribution in [0.3, 0.4) is 0 Å². The Hall–Kier alpha value is -1.22. The molecule has 0 spiro atoms. The number of benzene rings is 1. The third-order valence-corrected chi connectivity index (χ3v) is 6.45. The molecule has 25 heavy (non-hydrogen) atoms. The van der Waals surface area contributed by atoms with Crippen molar-refractivity contribution in [3.8, 4) is 5.75 Å². The van der Waals surface area contributed by atoms with Gasteiger partial charge >= 0.3 is 0 Å². The monoisotopic (exact) mass is 345 g/mol. The van der Waals surface area contributed by atoms with Crippen LogP contribution in [0.2, 0.25) is 0 Å². The zero-order valence-electron chi connectivity index (χ0n) is 16.4. The van der Waals surface area contributed by atoms with Gasteiger partial charge in [-0.05, 0) is 62.3 Å². The summed E-state index contributed by atoms with van der Waals surface area (Å²) in [5.41, 5.74) is 1.37. The second-order valence-electron chi connectivity index (χ2n) is 8.50. The summed E-state index contributed by atoms with van der Waals surface area (Å²) in [6.45, 7) is 6.41. The quantitative estimate of drug-likeness (QED) is 0.664. The Bertz CT molecular complexity index is 501. The number of rotatable bonds is 7. The zero-order valence-corrected chi connectivity index (χ0v) is 16.4. The van der Waals surface area contributed by atoms with Gasteiger partial charge in [-0.2, -0.15) is 0 Å². The van der Waals surface area contributed by atoms with Gasteiger partial charge in [0.2, 0.25) is 0 Å². The number of hydrogen-bond donors (Lipinski definition) is 0. The van der Waals surface area contributed by atoms with Crippen LogP contribution >= 0.6 is 0 Å². The summed E-state index contributed by atoms with van der Waals surface area (Å²) in [6.07, 6.45) is 11.4. The van der Waals surface area contributed by atoms with Gasteiger partial charge in [0.1, 0.15) is 5.75 Å². The molecule has 0 atom stereocenters. The lowest BCUT2D eigenvalue weighted by Gasteiger charge is -2.40. The number of piperidine rings is 1. The van der Waals surface area contributed by atoms with Crippen molar-refractivity contribution < 1.29 is 9.22 Å². The van der Waals surface area contributed by atoms with E-state index in [4.69, 9.17) is 4.74 Å². The average molecular weight is 346 g/mol. The number of likely N-dealkylation sites (N-methyl/N-ethyl adjacent to an activating group) is 1. The van der Waals surface area contributed by atoms with Crippen LogP contribution in [0.25, 0.3) is 0 Å². The first-order chi connectivity index (χ1) is 12.2. The van der Waals surface area contributed by atoms with Gasteiger partial charge in [-0.15, -0.1) is 0 Å². The molecule has 3 rings (SSSR count). The van der Waals surface area contributed by atoms with Gasteiger partial charge in [-0.3, -0.25) is 0 Å². The molecule has 1 aliphatic heterocycles. The third kappa shape index (κ3) is 5.37. The molecule has 1 saturated carbocycles. The van der Waals surface area contributed by atoms with E-state index in [9.17, 15) is 0 Å². The SMILES string of the molecule is COc1ccc(N(CC[N+]2(C)CCCCC2)CC2CCCCC2)cc1. The van der Waals surface area contributed by atoms with Crippen molar-refractivity contribution in [3.63, 3.8) is 0 Å². The summed E-state index contributed by atoms with van der Waals surface area (Å²) in [5, 5.41) is 0. The Morgan fingerprint density at radius 1 is 0.960 bits per heavy atom. The van der Waals surface area contributed by atoms with Gasteiger partial charge in [-0.25, -0.2) is 0 Å². The Morgan fingerprint density at radius 2 is 1.60 bits per heavy atom. The van der Waals surface area contributed by atoms with Crippen molar-refractivity contribution in [1.82, 2.24) is 0 Å². The summed E-state index contributed by atoms with van der Waals surface area (Å²) >= 11 is 0. The number of quaternary nitrogens is 1. The van der Waals surface area contributed by atoms with E-state index in [1.807, 2.05) is 0 Å². The van der Waals surface area contributed by atoms with E-state index < -0.39 is 0 Å². The fourth-order valence-electron chi connectivity index (χ4n) is 4.66. The lowest BCUT2D eigenvalue weighted by atomic mass is 9.89.